The lowest BCUT2D eigenvalue weighted by atomic mass is 10.0. The molecule has 1 heterocycles. The van der Waals surface area contributed by atoms with Crippen molar-refractivity contribution in [2.24, 2.45) is 5.92 Å². The van der Waals surface area contributed by atoms with E-state index in [0.717, 1.165) is 11.4 Å². The van der Waals surface area contributed by atoms with Crippen molar-refractivity contribution >= 4 is 34.8 Å². The minimum Gasteiger partial charge on any atom is -0.486 e. The highest BCUT2D eigenvalue weighted by molar-refractivity contribution is 7.09. The Morgan fingerprint density at radius 1 is 1.35 bits per heavy atom. The van der Waals surface area contributed by atoms with E-state index >= 15 is 0 Å². The topological polar surface area (TPSA) is 88.5 Å². The van der Waals surface area contributed by atoms with Gasteiger partial charge in [0.2, 0.25) is 5.91 Å². The van der Waals surface area contributed by atoms with Gasteiger partial charge in [0.05, 0.1) is 18.0 Å². The van der Waals surface area contributed by atoms with Crippen LogP contribution in [0.1, 0.15) is 30.5 Å². The summed E-state index contributed by atoms with van der Waals surface area (Å²) in [6.45, 7) is 2.37. The van der Waals surface area contributed by atoms with Crippen molar-refractivity contribution in [3.8, 4) is 5.75 Å². The number of aliphatic carboxylic acids is 1. The Bertz CT molecular complexity index is 733. The zero-order valence-electron chi connectivity index (χ0n) is 14.4. The number of ether oxygens (including phenoxy) is 1. The molecule has 0 aliphatic carbocycles. The average Bonchev–Trinajstić information content (AvgIpc) is 3.05. The minimum atomic E-state index is -0.887. The molecule has 0 saturated heterocycles. The molecule has 2 aromatic rings. The predicted octanol–water partition coefficient (Wildman–Crippen LogP) is 3.54. The van der Waals surface area contributed by atoms with E-state index in [4.69, 9.17) is 21.4 Å². The Balaban J connectivity index is 1.78. The second-order valence-corrected chi connectivity index (χ2v) is 7.16. The first-order chi connectivity index (χ1) is 12.5. The summed E-state index contributed by atoms with van der Waals surface area (Å²) in [5.74, 6) is -0.979. The van der Waals surface area contributed by atoms with Gasteiger partial charge in [-0.15, -0.1) is 11.3 Å². The summed E-state index contributed by atoms with van der Waals surface area (Å²) in [5, 5.41) is 15.0. The average molecular weight is 397 g/mol. The molecule has 26 heavy (non-hydrogen) atoms. The number of thiazole rings is 1. The number of amides is 1. The predicted molar refractivity (Wildman–Crippen MR) is 101 cm³/mol. The molecule has 0 saturated carbocycles. The van der Waals surface area contributed by atoms with Gasteiger partial charge >= 0.3 is 5.97 Å². The first kappa shape index (κ1) is 20.2. The number of carboxylic acids is 1. The molecule has 140 valence electrons. The normalized spacial score (nSPS) is 11.8. The Morgan fingerprint density at radius 2 is 2.08 bits per heavy atom. The molecule has 1 atom stereocenters. The van der Waals surface area contributed by atoms with E-state index in [-0.39, 0.29) is 18.9 Å². The third-order valence-corrected chi connectivity index (χ3v) is 4.77. The molecule has 6 nitrogen and oxygen atoms in total. The van der Waals surface area contributed by atoms with E-state index in [0.29, 0.717) is 29.5 Å². The Hall–Kier alpha value is -2.12. The molecule has 1 unspecified atom stereocenters. The van der Waals surface area contributed by atoms with Crippen molar-refractivity contribution in [3.63, 3.8) is 0 Å². The molecule has 2 rings (SSSR count). The fourth-order valence-electron chi connectivity index (χ4n) is 2.30. The highest BCUT2D eigenvalue weighted by atomic mass is 35.5. The molecule has 2 N–H and O–H groups in total. The van der Waals surface area contributed by atoms with Crippen LogP contribution in [0.4, 0.5) is 0 Å². The number of benzene rings is 1. The SMILES string of the molecule is CCCC(CNC(=O)Cc1csc(COc2ccc(Cl)cc2)n1)C(=O)O. The summed E-state index contributed by atoms with van der Waals surface area (Å²) in [5.41, 5.74) is 0.643. The van der Waals surface area contributed by atoms with Gasteiger partial charge in [-0.1, -0.05) is 24.9 Å². The fourth-order valence-corrected chi connectivity index (χ4v) is 3.13. The largest absolute Gasteiger partial charge is 0.486 e. The van der Waals surface area contributed by atoms with E-state index in [1.54, 1.807) is 29.6 Å². The lowest BCUT2D eigenvalue weighted by molar-refractivity contribution is -0.141. The van der Waals surface area contributed by atoms with Crippen LogP contribution in [0.5, 0.6) is 5.75 Å². The van der Waals surface area contributed by atoms with Crippen LogP contribution in [0.2, 0.25) is 5.02 Å². The zero-order valence-corrected chi connectivity index (χ0v) is 16.0. The molecule has 1 amide bonds. The monoisotopic (exact) mass is 396 g/mol. The molecule has 0 aliphatic heterocycles. The second-order valence-electron chi connectivity index (χ2n) is 5.78. The summed E-state index contributed by atoms with van der Waals surface area (Å²) in [7, 11) is 0. The second kappa shape index (κ2) is 10.1. The van der Waals surface area contributed by atoms with Crippen LogP contribution >= 0.6 is 22.9 Å². The molecule has 8 heteroatoms. The van der Waals surface area contributed by atoms with E-state index in [9.17, 15) is 9.59 Å². The number of nitrogens with zero attached hydrogens (tertiary/aromatic N) is 1. The van der Waals surface area contributed by atoms with Gasteiger partial charge in [0, 0.05) is 16.9 Å². The van der Waals surface area contributed by atoms with Gasteiger partial charge < -0.3 is 15.2 Å². The van der Waals surface area contributed by atoms with Crippen LogP contribution in [0.3, 0.4) is 0 Å². The van der Waals surface area contributed by atoms with E-state index < -0.39 is 11.9 Å². The fraction of sp³-hybridized carbons (Fsp3) is 0.389. The van der Waals surface area contributed by atoms with Crippen LogP contribution in [0, 0.1) is 5.92 Å². The summed E-state index contributed by atoms with van der Waals surface area (Å²) in [6, 6.07) is 7.05. The molecule has 0 spiro atoms. The molecule has 0 radical (unpaired) electrons. The Labute approximate surface area is 161 Å². The van der Waals surface area contributed by atoms with Crippen molar-refractivity contribution in [2.75, 3.05) is 6.54 Å². The van der Waals surface area contributed by atoms with Crippen molar-refractivity contribution in [2.45, 2.75) is 32.8 Å². The number of nitrogens with one attached hydrogen (secondary N) is 1. The van der Waals surface area contributed by atoms with Crippen LogP contribution in [-0.2, 0) is 22.6 Å². The maximum Gasteiger partial charge on any atom is 0.308 e. The molecular formula is C18H21ClN2O4S. The zero-order chi connectivity index (χ0) is 18.9. The third-order valence-electron chi connectivity index (χ3n) is 3.65. The smallest absolute Gasteiger partial charge is 0.308 e. The number of halogens is 1. The number of hydrogen-bond acceptors (Lipinski definition) is 5. The number of aromatic nitrogens is 1. The standard InChI is InChI=1S/C18H21ClN2O4S/c1-2-3-12(18(23)24)9-20-16(22)8-14-11-26-17(21-14)10-25-15-6-4-13(19)5-7-15/h4-7,11-12H,2-3,8-10H2,1H3,(H,20,22)(H,23,24). The first-order valence-electron chi connectivity index (χ1n) is 8.29. The number of carbonyl (C=O) groups excluding carboxylic acids is 1. The molecule has 1 aromatic heterocycles. The molecule has 1 aromatic carbocycles. The van der Waals surface area contributed by atoms with Crippen molar-refractivity contribution in [1.29, 1.82) is 0 Å². The van der Waals surface area contributed by atoms with Crippen LogP contribution in [0.15, 0.2) is 29.6 Å². The number of carbonyl (C=O) groups is 2. The third kappa shape index (κ3) is 6.65. The summed E-state index contributed by atoms with van der Waals surface area (Å²) < 4.78 is 5.62. The number of rotatable bonds is 10. The number of hydrogen-bond donors (Lipinski definition) is 2. The quantitative estimate of drug-likeness (QED) is 0.641. The first-order valence-corrected chi connectivity index (χ1v) is 9.54. The van der Waals surface area contributed by atoms with Gasteiger partial charge in [-0.2, -0.15) is 0 Å². The van der Waals surface area contributed by atoms with Gasteiger partial charge in [-0.3, -0.25) is 9.59 Å². The molecular weight excluding hydrogens is 376 g/mol. The molecule has 0 aliphatic rings. The number of carboxylic acid groups (broad SMARTS) is 1. The van der Waals surface area contributed by atoms with Gasteiger partial charge in [0.1, 0.15) is 17.4 Å². The van der Waals surface area contributed by atoms with Crippen LogP contribution in [-0.4, -0.2) is 28.5 Å². The maximum atomic E-state index is 12.0. The minimum absolute atomic E-state index is 0.121. The van der Waals surface area contributed by atoms with Crippen LogP contribution in [0.25, 0.3) is 0 Å². The van der Waals surface area contributed by atoms with Crippen molar-refractivity contribution < 1.29 is 19.4 Å². The van der Waals surface area contributed by atoms with E-state index in [1.807, 2.05) is 6.92 Å². The Morgan fingerprint density at radius 3 is 2.73 bits per heavy atom. The summed E-state index contributed by atoms with van der Waals surface area (Å²) in [4.78, 5) is 27.4. The van der Waals surface area contributed by atoms with Gasteiger partial charge in [0.15, 0.2) is 0 Å². The summed E-state index contributed by atoms with van der Waals surface area (Å²) in [6.07, 6.45) is 1.42. The van der Waals surface area contributed by atoms with E-state index in [2.05, 4.69) is 10.3 Å². The van der Waals surface area contributed by atoms with Gasteiger partial charge in [0.25, 0.3) is 0 Å². The van der Waals surface area contributed by atoms with Gasteiger partial charge in [-0.05, 0) is 30.7 Å². The van der Waals surface area contributed by atoms with Crippen molar-refractivity contribution in [1.82, 2.24) is 10.3 Å². The summed E-state index contributed by atoms with van der Waals surface area (Å²) >= 11 is 7.24. The molecule has 0 bridgehead atoms. The van der Waals surface area contributed by atoms with Crippen LogP contribution < -0.4 is 10.1 Å². The van der Waals surface area contributed by atoms with E-state index in [1.165, 1.54) is 11.3 Å². The van der Waals surface area contributed by atoms with Crippen molar-refractivity contribution in [3.05, 3.63) is 45.4 Å². The lowest BCUT2D eigenvalue weighted by Gasteiger charge is -2.11. The highest BCUT2D eigenvalue weighted by Gasteiger charge is 2.17. The highest BCUT2D eigenvalue weighted by Crippen LogP contribution is 2.18. The molecule has 0 fully saturated rings. The lowest BCUT2D eigenvalue weighted by Crippen LogP contribution is -2.33. The van der Waals surface area contributed by atoms with Gasteiger partial charge in [-0.25, -0.2) is 4.98 Å². The Kier molecular flexibility index (Phi) is 7.87. The maximum absolute atomic E-state index is 12.0.